The molecule has 2 aliphatic carbocycles. The molecule has 0 aliphatic heterocycles. The Kier molecular flexibility index (Phi) is 7.52. The summed E-state index contributed by atoms with van der Waals surface area (Å²) in [6.07, 6.45) is 9.44. The second-order valence-electron chi connectivity index (χ2n) is 10.9. The molecule has 0 radical (unpaired) electrons. The lowest BCUT2D eigenvalue weighted by Crippen LogP contribution is -2.32. The molecule has 0 amide bonds. The van der Waals surface area contributed by atoms with Gasteiger partial charge < -0.3 is 10.3 Å². The number of pyridine rings is 1. The van der Waals surface area contributed by atoms with Crippen molar-refractivity contribution in [3.05, 3.63) is 58.3 Å². The van der Waals surface area contributed by atoms with E-state index >= 15 is 0 Å². The first-order valence-electron chi connectivity index (χ1n) is 14.3. The molecule has 4 aromatic heterocycles. The largest absolute Gasteiger partial charge is 0.360 e. The third-order valence-corrected chi connectivity index (χ3v) is 9.89. The molecule has 6 rings (SSSR count). The van der Waals surface area contributed by atoms with Gasteiger partial charge in [-0.2, -0.15) is 0 Å². The van der Waals surface area contributed by atoms with Gasteiger partial charge in [0, 0.05) is 24.7 Å². The van der Waals surface area contributed by atoms with E-state index in [1.54, 1.807) is 30.1 Å². The van der Waals surface area contributed by atoms with Crippen LogP contribution in [0.2, 0.25) is 0 Å². The minimum absolute atomic E-state index is 0.00108. The minimum Gasteiger partial charge on any atom is -0.360 e. The molecule has 12 nitrogen and oxygen atoms in total. The number of fused-ring (bicyclic) bond motifs is 1. The Hall–Kier alpha value is -4.13. The molecule has 4 aromatic rings. The fourth-order valence-corrected chi connectivity index (χ4v) is 6.58. The third kappa shape index (κ3) is 5.28. The fourth-order valence-electron chi connectivity index (χ4n) is 5.76. The molecule has 0 spiro atoms. The molecule has 218 valence electrons. The van der Waals surface area contributed by atoms with Crippen molar-refractivity contribution in [3.63, 3.8) is 0 Å². The Labute approximate surface area is 243 Å². The van der Waals surface area contributed by atoms with Crippen LogP contribution < -0.4 is 10.9 Å². The van der Waals surface area contributed by atoms with Gasteiger partial charge in [-0.05, 0) is 57.4 Å². The van der Waals surface area contributed by atoms with Gasteiger partial charge in [0.25, 0.3) is 5.56 Å². The molecule has 2 saturated carbocycles. The topological polar surface area (TPSA) is 158 Å². The Bertz CT molecular complexity index is 1820. The van der Waals surface area contributed by atoms with Gasteiger partial charge in [-0.15, -0.1) is 0 Å². The average molecular weight is 588 g/mol. The van der Waals surface area contributed by atoms with Crippen LogP contribution in [0, 0.1) is 12.8 Å². The highest BCUT2D eigenvalue weighted by molar-refractivity contribution is 7.91. The van der Waals surface area contributed by atoms with Gasteiger partial charge >= 0.3 is 0 Å². The number of aliphatic imine (C=N–C) groups is 1. The van der Waals surface area contributed by atoms with Crippen LogP contribution in [0.1, 0.15) is 68.1 Å². The molecule has 0 bridgehead atoms. The number of hydrogen-bond acceptors (Lipinski definition) is 11. The van der Waals surface area contributed by atoms with Crippen molar-refractivity contribution >= 4 is 33.5 Å². The van der Waals surface area contributed by atoms with Crippen LogP contribution in [0.3, 0.4) is 0 Å². The highest BCUT2D eigenvalue weighted by atomic mass is 32.2. The number of aryl methyl sites for hydroxylation is 1. The standard InChI is InChI=1S/C29H33N9O3S/c1-4-42(40,41)21-11-10-20(31-14-21)13-32-27-29(39)38(23-7-5-6-19(23)12-30-3)28-22(36-27)15-33-26(37-28)24-17(2)34-16-35-25(24)18-8-9-18/h10-11,14-16,18-19,23H,3-9,12-13H2,1-2H3,(H,32,36)/t19-,23+/m1/s1. The number of rotatable bonds is 10. The predicted octanol–water partition coefficient (Wildman–Crippen LogP) is 3.67. The summed E-state index contributed by atoms with van der Waals surface area (Å²) >= 11 is 0. The second kappa shape index (κ2) is 11.3. The van der Waals surface area contributed by atoms with Gasteiger partial charge in [0.2, 0.25) is 0 Å². The number of anilines is 1. The Balaban J connectivity index is 1.42. The molecule has 1 N–H and O–H groups in total. The van der Waals surface area contributed by atoms with Crippen LogP contribution in [0.25, 0.3) is 22.6 Å². The normalized spacial score (nSPS) is 18.8. The van der Waals surface area contributed by atoms with Gasteiger partial charge in [0.1, 0.15) is 11.8 Å². The summed E-state index contributed by atoms with van der Waals surface area (Å²) in [4.78, 5) is 45.9. The molecule has 2 aliphatic rings. The molecule has 4 heterocycles. The van der Waals surface area contributed by atoms with Gasteiger partial charge in [0.05, 0.1) is 46.0 Å². The van der Waals surface area contributed by atoms with Crippen LogP contribution in [-0.2, 0) is 16.4 Å². The van der Waals surface area contributed by atoms with Crippen LogP contribution in [0.15, 0.2) is 45.5 Å². The summed E-state index contributed by atoms with van der Waals surface area (Å²) in [5.41, 5.74) is 3.80. The van der Waals surface area contributed by atoms with Crippen molar-refractivity contribution < 1.29 is 8.42 Å². The average Bonchev–Trinajstić information content (AvgIpc) is 3.75. The molecule has 0 unspecified atom stereocenters. The van der Waals surface area contributed by atoms with Crippen LogP contribution in [0.4, 0.5) is 5.82 Å². The molecule has 2 atom stereocenters. The van der Waals surface area contributed by atoms with E-state index in [2.05, 4.69) is 41.9 Å². The Morgan fingerprint density at radius 2 is 1.90 bits per heavy atom. The number of nitrogens with zero attached hydrogens (tertiary/aromatic N) is 8. The maximum Gasteiger partial charge on any atom is 0.295 e. The second-order valence-corrected chi connectivity index (χ2v) is 13.2. The summed E-state index contributed by atoms with van der Waals surface area (Å²) in [6, 6.07) is 3.04. The number of aromatic nitrogens is 7. The van der Waals surface area contributed by atoms with Crippen LogP contribution in [-0.4, -0.2) is 61.9 Å². The first kappa shape index (κ1) is 28.0. The van der Waals surface area contributed by atoms with Gasteiger partial charge in [-0.3, -0.25) is 14.3 Å². The molecular weight excluding hydrogens is 554 g/mol. The van der Waals surface area contributed by atoms with Crippen molar-refractivity contribution in [2.75, 3.05) is 17.6 Å². The van der Waals surface area contributed by atoms with Crippen molar-refractivity contribution in [2.45, 2.75) is 69.4 Å². The van der Waals surface area contributed by atoms with E-state index in [0.717, 1.165) is 49.1 Å². The summed E-state index contributed by atoms with van der Waals surface area (Å²) in [5, 5.41) is 3.12. The maximum absolute atomic E-state index is 14.1. The summed E-state index contributed by atoms with van der Waals surface area (Å²) in [5.74, 6) is 1.16. The van der Waals surface area contributed by atoms with E-state index in [0.29, 0.717) is 35.1 Å². The summed E-state index contributed by atoms with van der Waals surface area (Å²) < 4.78 is 26.0. The van der Waals surface area contributed by atoms with Crippen molar-refractivity contribution in [3.8, 4) is 11.4 Å². The number of sulfone groups is 1. The molecule has 0 saturated heterocycles. The van der Waals surface area contributed by atoms with E-state index in [4.69, 9.17) is 4.98 Å². The Morgan fingerprint density at radius 1 is 1.07 bits per heavy atom. The maximum atomic E-state index is 14.1. The molecular formula is C29H33N9O3S. The van der Waals surface area contributed by atoms with Gasteiger partial charge in [-0.1, -0.05) is 13.3 Å². The first-order valence-corrected chi connectivity index (χ1v) is 15.9. The fraction of sp³-hybridized carbons (Fsp3) is 0.448. The van der Waals surface area contributed by atoms with E-state index in [-0.39, 0.29) is 40.5 Å². The molecule has 13 heteroatoms. The quantitative estimate of drug-likeness (QED) is 0.271. The lowest BCUT2D eigenvalue weighted by Gasteiger charge is -2.23. The van der Waals surface area contributed by atoms with E-state index in [1.165, 1.54) is 12.3 Å². The zero-order valence-electron chi connectivity index (χ0n) is 23.7. The smallest absolute Gasteiger partial charge is 0.295 e. The van der Waals surface area contributed by atoms with Crippen LogP contribution in [0.5, 0.6) is 0 Å². The molecule has 0 aromatic carbocycles. The summed E-state index contributed by atoms with van der Waals surface area (Å²) in [6.45, 7) is 7.95. The highest BCUT2D eigenvalue weighted by Crippen LogP contribution is 2.43. The van der Waals surface area contributed by atoms with Crippen molar-refractivity contribution in [2.24, 2.45) is 10.9 Å². The SMILES string of the molecule is C=NC[C@H]1CCC[C@@H]1n1c(=O)c(NCc2ccc(S(=O)(=O)CC)cn2)nc2cnc(-c3c(C)ncnc3C3CC3)nc21. The minimum atomic E-state index is -3.35. The zero-order chi connectivity index (χ0) is 29.4. The molecule has 2 fully saturated rings. The van der Waals surface area contributed by atoms with E-state index < -0.39 is 9.84 Å². The van der Waals surface area contributed by atoms with Crippen molar-refractivity contribution in [1.82, 2.24) is 34.5 Å². The van der Waals surface area contributed by atoms with Gasteiger partial charge in [0.15, 0.2) is 27.1 Å². The van der Waals surface area contributed by atoms with E-state index in [9.17, 15) is 13.2 Å². The monoisotopic (exact) mass is 587 g/mol. The summed E-state index contributed by atoms with van der Waals surface area (Å²) in [7, 11) is -3.35. The lowest BCUT2D eigenvalue weighted by atomic mass is 10.0. The Morgan fingerprint density at radius 3 is 2.62 bits per heavy atom. The van der Waals surface area contributed by atoms with Crippen molar-refractivity contribution in [1.29, 1.82) is 0 Å². The predicted molar refractivity (Wildman–Crippen MR) is 159 cm³/mol. The number of nitrogens with one attached hydrogen (secondary N) is 1. The van der Waals surface area contributed by atoms with E-state index in [1.807, 2.05) is 6.92 Å². The third-order valence-electron chi connectivity index (χ3n) is 8.17. The number of hydrogen-bond donors (Lipinski definition) is 1. The molecule has 42 heavy (non-hydrogen) atoms. The zero-order valence-corrected chi connectivity index (χ0v) is 24.5. The van der Waals surface area contributed by atoms with Crippen LogP contribution >= 0.6 is 0 Å². The highest BCUT2D eigenvalue weighted by Gasteiger charge is 2.33. The first-order chi connectivity index (χ1) is 20.3. The van der Waals surface area contributed by atoms with Gasteiger partial charge in [-0.25, -0.2) is 33.3 Å². The lowest BCUT2D eigenvalue weighted by molar-refractivity contribution is 0.388.